The summed E-state index contributed by atoms with van der Waals surface area (Å²) < 4.78 is 47.5. The van der Waals surface area contributed by atoms with E-state index in [9.17, 15) is 13.2 Å². The maximum absolute atomic E-state index is 14.5. The van der Waals surface area contributed by atoms with E-state index in [1.807, 2.05) is 20.8 Å². The molecule has 0 aliphatic heterocycles. The molecule has 1 nitrogen and oxygen atoms in total. The quantitative estimate of drug-likeness (QED) is 0.300. The van der Waals surface area contributed by atoms with Gasteiger partial charge < -0.3 is 4.74 Å². The summed E-state index contributed by atoms with van der Waals surface area (Å²) in [7, 11) is 0. The van der Waals surface area contributed by atoms with Crippen LogP contribution < -0.4 is 0 Å². The first kappa shape index (κ1) is 26.4. The van der Waals surface area contributed by atoms with Gasteiger partial charge in [-0.3, -0.25) is 0 Å². The number of rotatable bonds is 12. The fraction of sp³-hybridized carbons (Fsp3) is 0.280. The second-order valence-electron chi connectivity index (χ2n) is 7.10. The van der Waals surface area contributed by atoms with Gasteiger partial charge in [0.05, 0.1) is 12.7 Å². The van der Waals surface area contributed by atoms with E-state index in [1.165, 1.54) is 25.2 Å². The molecule has 0 N–H and O–H groups in total. The van der Waals surface area contributed by atoms with Crippen LogP contribution in [0.25, 0.3) is 0 Å². The van der Waals surface area contributed by atoms with Gasteiger partial charge in [0.1, 0.15) is 5.83 Å². The van der Waals surface area contributed by atoms with Crippen LogP contribution in [0.3, 0.4) is 0 Å². The van der Waals surface area contributed by atoms with Gasteiger partial charge in [0, 0.05) is 17.1 Å². The Morgan fingerprint density at radius 3 is 1.76 bits per heavy atom. The number of halogens is 3. The highest BCUT2D eigenvalue weighted by Gasteiger charge is 2.13. The Labute approximate surface area is 173 Å². The molecular formula is C25H31F3O. The van der Waals surface area contributed by atoms with Gasteiger partial charge in [0.15, 0.2) is 11.7 Å². The second-order valence-corrected chi connectivity index (χ2v) is 7.10. The Morgan fingerprint density at radius 1 is 0.828 bits per heavy atom. The van der Waals surface area contributed by atoms with Crippen molar-refractivity contribution in [2.75, 3.05) is 6.61 Å². The Kier molecular flexibility index (Phi) is 11.0. The maximum atomic E-state index is 14.5. The normalized spacial score (nSPS) is 13.9. The molecule has 4 heteroatoms. The summed E-state index contributed by atoms with van der Waals surface area (Å²) in [5, 5.41) is 0. The van der Waals surface area contributed by atoms with Gasteiger partial charge in [-0.2, -0.15) is 0 Å². The van der Waals surface area contributed by atoms with E-state index >= 15 is 0 Å². The summed E-state index contributed by atoms with van der Waals surface area (Å²) in [4.78, 5) is 0. The van der Waals surface area contributed by atoms with Crippen LogP contribution in [0.5, 0.6) is 0 Å². The average Bonchev–Trinajstić information content (AvgIpc) is 2.66. The van der Waals surface area contributed by atoms with Crippen molar-refractivity contribution < 1.29 is 17.9 Å². The Bertz CT molecular complexity index is 804. The van der Waals surface area contributed by atoms with Gasteiger partial charge in [-0.25, -0.2) is 13.2 Å². The number of ether oxygens (including phenoxy) is 1. The number of hydrogen-bond donors (Lipinski definition) is 0. The largest absolute Gasteiger partial charge is 0.378 e. The number of hydrogen-bond acceptors (Lipinski definition) is 1. The first-order valence-corrected chi connectivity index (χ1v) is 9.13. The van der Waals surface area contributed by atoms with Gasteiger partial charge in [0.2, 0.25) is 0 Å². The maximum Gasteiger partial charge on any atom is 0.166 e. The third kappa shape index (κ3) is 8.97. The lowest BCUT2D eigenvalue weighted by molar-refractivity contribution is 0.0633. The third-order valence-electron chi connectivity index (χ3n) is 4.01. The molecule has 0 saturated heterocycles. The minimum atomic E-state index is -1.14. The fourth-order valence-electron chi connectivity index (χ4n) is 1.85. The van der Waals surface area contributed by atoms with Gasteiger partial charge >= 0.3 is 0 Å². The third-order valence-corrected chi connectivity index (χ3v) is 4.01. The van der Waals surface area contributed by atoms with Crippen molar-refractivity contribution in [2.45, 2.75) is 33.8 Å². The molecule has 0 spiro atoms. The molecule has 29 heavy (non-hydrogen) atoms. The summed E-state index contributed by atoms with van der Waals surface area (Å²) in [6.45, 7) is 29.2. The molecule has 0 saturated carbocycles. The van der Waals surface area contributed by atoms with Crippen LogP contribution in [0.4, 0.5) is 13.2 Å². The lowest BCUT2D eigenvalue weighted by Gasteiger charge is -2.15. The minimum absolute atomic E-state index is 0.0434. The van der Waals surface area contributed by atoms with Crippen molar-refractivity contribution in [2.24, 2.45) is 5.92 Å². The van der Waals surface area contributed by atoms with Crippen LogP contribution >= 0.6 is 0 Å². The second kappa shape index (κ2) is 12.1. The first-order chi connectivity index (χ1) is 13.3. The lowest BCUT2D eigenvalue weighted by atomic mass is 9.99. The van der Waals surface area contributed by atoms with Gasteiger partial charge in [0.25, 0.3) is 0 Å². The van der Waals surface area contributed by atoms with E-state index in [0.717, 1.165) is 0 Å². The molecule has 0 aliphatic rings. The summed E-state index contributed by atoms with van der Waals surface area (Å²) in [5.74, 6) is -2.89. The molecule has 0 amide bonds. The molecule has 0 aromatic heterocycles. The van der Waals surface area contributed by atoms with Crippen molar-refractivity contribution in [3.05, 3.63) is 109 Å². The van der Waals surface area contributed by atoms with E-state index in [0.29, 0.717) is 12.2 Å². The van der Waals surface area contributed by atoms with Crippen LogP contribution in [-0.2, 0) is 4.74 Å². The average molecular weight is 405 g/mol. The molecule has 1 unspecified atom stereocenters. The zero-order chi connectivity index (χ0) is 22.9. The monoisotopic (exact) mass is 404 g/mol. The van der Waals surface area contributed by atoms with E-state index in [-0.39, 0.29) is 39.9 Å². The summed E-state index contributed by atoms with van der Waals surface area (Å²) >= 11 is 0. The van der Waals surface area contributed by atoms with Crippen LogP contribution in [0, 0.1) is 5.92 Å². The zero-order valence-corrected chi connectivity index (χ0v) is 17.9. The molecule has 0 aliphatic carbocycles. The molecule has 0 rings (SSSR count). The van der Waals surface area contributed by atoms with E-state index in [1.54, 1.807) is 0 Å². The highest BCUT2D eigenvalue weighted by Crippen LogP contribution is 2.27. The van der Waals surface area contributed by atoms with Crippen molar-refractivity contribution >= 4 is 0 Å². The van der Waals surface area contributed by atoms with Crippen molar-refractivity contribution in [1.29, 1.82) is 0 Å². The fourth-order valence-corrected chi connectivity index (χ4v) is 1.85. The highest BCUT2D eigenvalue weighted by molar-refractivity contribution is 5.53. The molecule has 0 radical (unpaired) electrons. The predicted octanol–water partition coefficient (Wildman–Crippen LogP) is 7.96. The van der Waals surface area contributed by atoms with Crippen LogP contribution in [0.2, 0.25) is 0 Å². The highest BCUT2D eigenvalue weighted by atomic mass is 19.2. The van der Waals surface area contributed by atoms with Crippen molar-refractivity contribution in [3.63, 3.8) is 0 Å². The van der Waals surface area contributed by atoms with Crippen LogP contribution in [0.15, 0.2) is 109 Å². The Balaban J connectivity index is 5.12. The van der Waals surface area contributed by atoms with Crippen molar-refractivity contribution in [3.8, 4) is 0 Å². The standard InChI is InChI=1S/C25H31F3O/c1-15(2)24(27)25(28)22(10)18(6)12-11-17(5)21(9)23(26)13-19(7)20(8)14-29-16(3)4/h11-13,16,20H,1,5-7,9-10,14H2,2-4,8H3/b12-11-,23-13+,25-24-. The van der Waals surface area contributed by atoms with E-state index < -0.39 is 17.5 Å². The first-order valence-electron chi connectivity index (χ1n) is 9.13. The van der Waals surface area contributed by atoms with Gasteiger partial charge in [-0.05, 0) is 49.1 Å². The zero-order valence-electron chi connectivity index (χ0n) is 17.9. The molecule has 1 atom stereocenters. The lowest BCUT2D eigenvalue weighted by Crippen LogP contribution is -2.12. The van der Waals surface area contributed by atoms with E-state index in [2.05, 4.69) is 39.5 Å². The molecular weight excluding hydrogens is 373 g/mol. The van der Waals surface area contributed by atoms with Crippen LogP contribution in [-0.4, -0.2) is 12.7 Å². The minimum Gasteiger partial charge on any atom is -0.378 e. The van der Waals surface area contributed by atoms with Gasteiger partial charge in [-0.15, -0.1) is 0 Å². The topological polar surface area (TPSA) is 9.23 Å². The smallest absolute Gasteiger partial charge is 0.166 e. The van der Waals surface area contributed by atoms with Gasteiger partial charge in [-0.1, -0.05) is 58.5 Å². The molecule has 158 valence electrons. The van der Waals surface area contributed by atoms with E-state index in [4.69, 9.17) is 4.74 Å². The Morgan fingerprint density at radius 2 is 1.31 bits per heavy atom. The molecule has 0 bridgehead atoms. The molecule has 0 fully saturated rings. The summed E-state index contributed by atoms with van der Waals surface area (Å²) in [6.07, 6.45) is 4.13. The Hall–Kier alpha value is -2.59. The SMILES string of the molecule is C=C(/C=C\C(=C)C(=C)/C(F)=C\C(=C)C(C)COC(C)C)C(=C)/C(F)=C(/F)C(=C)C. The van der Waals surface area contributed by atoms with Crippen LogP contribution in [0.1, 0.15) is 27.7 Å². The molecule has 0 aromatic rings. The molecule has 0 heterocycles. The predicted molar refractivity (Wildman–Crippen MR) is 118 cm³/mol. The molecule has 0 aromatic carbocycles. The number of allylic oxidation sites excluding steroid dienone is 11. The summed E-state index contributed by atoms with van der Waals surface area (Å²) in [5.41, 5.74) is 0.669. The van der Waals surface area contributed by atoms with Crippen molar-refractivity contribution in [1.82, 2.24) is 0 Å². The summed E-state index contributed by atoms with van der Waals surface area (Å²) in [6, 6.07) is 0.